The van der Waals surface area contributed by atoms with Crippen LogP contribution >= 0.6 is 0 Å². The van der Waals surface area contributed by atoms with Crippen molar-refractivity contribution in [1.29, 1.82) is 0 Å². The Morgan fingerprint density at radius 1 is 1.08 bits per heavy atom. The van der Waals surface area contributed by atoms with Gasteiger partial charge in [0.15, 0.2) is 0 Å². The predicted octanol–water partition coefficient (Wildman–Crippen LogP) is 1.18. The SMILES string of the molecule is CCOC(=O)CN1C[C@H](C(=O)OC)[C@@H](C(=O)OC)[C@H]1c1ccccc1. The van der Waals surface area contributed by atoms with E-state index in [-0.39, 0.29) is 19.7 Å². The maximum absolute atomic E-state index is 12.4. The molecule has 1 saturated heterocycles. The largest absolute Gasteiger partial charge is 0.469 e. The van der Waals surface area contributed by atoms with Gasteiger partial charge in [0.05, 0.1) is 39.2 Å². The molecule has 1 fully saturated rings. The third kappa shape index (κ3) is 4.17. The van der Waals surface area contributed by atoms with Crippen LogP contribution in [0.1, 0.15) is 18.5 Å². The molecule has 1 aliphatic rings. The Hall–Kier alpha value is -2.41. The maximum atomic E-state index is 12.4. The summed E-state index contributed by atoms with van der Waals surface area (Å²) in [4.78, 5) is 38.4. The lowest BCUT2D eigenvalue weighted by Crippen LogP contribution is -2.34. The summed E-state index contributed by atoms with van der Waals surface area (Å²) in [6.07, 6.45) is 0. The molecule has 25 heavy (non-hydrogen) atoms. The second-order valence-electron chi connectivity index (χ2n) is 5.77. The van der Waals surface area contributed by atoms with Gasteiger partial charge in [0.2, 0.25) is 0 Å². The molecular formula is C18H23NO6. The summed E-state index contributed by atoms with van der Waals surface area (Å²) in [5, 5.41) is 0. The highest BCUT2D eigenvalue weighted by Gasteiger charge is 2.51. The first-order valence-corrected chi connectivity index (χ1v) is 8.13. The summed E-state index contributed by atoms with van der Waals surface area (Å²) in [5.41, 5.74) is 0.827. The monoisotopic (exact) mass is 349 g/mol. The number of carbonyl (C=O) groups excluding carboxylic acids is 3. The van der Waals surface area contributed by atoms with E-state index in [1.165, 1.54) is 14.2 Å². The van der Waals surface area contributed by atoms with Gasteiger partial charge in [0.25, 0.3) is 0 Å². The molecule has 1 aliphatic heterocycles. The number of nitrogens with zero attached hydrogens (tertiary/aromatic N) is 1. The number of likely N-dealkylation sites (tertiary alicyclic amines) is 1. The summed E-state index contributed by atoms with van der Waals surface area (Å²) in [7, 11) is 2.56. The molecule has 0 aromatic heterocycles. The van der Waals surface area contributed by atoms with Gasteiger partial charge in [-0.2, -0.15) is 0 Å². The third-order valence-electron chi connectivity index (χ3n) is 4.35. The molecule has 1 heterocycles. The summed E-state index contributed by atoms with van der Waals surface area (Å²) >= 11 is 0. The standard InChI is InChI=1S/C18H23NO6/c1-4-25-14(20)11-19-10-13(17(21)23-2)15(18(22)24-3)16(19)12-8-6-5-7-9-12/h5-9,13,15-16H,4,10-11H2,1-3H3/t13-,15+,16+/m0/s1. The first kappa shape index (κ1) is 18.9. The van der Waals surface area contributed by atoms with Crippen LogP contribution in [0.2, 0.25) is 0 Å². The number of carbonyl (C=O) groups is 3. The van der Waals surface area contributed by atoms with Crippen LogP contribution in [0, 0.1) is 11.8 Å². The van der Waals surface area contributed by atoms with Gasteiger partial charge < -0.3 is 14.2 Å². The highest BCUT2D eigenvalue weighted by molar-refractivity contribution is 5.84. The molecular weight excluding hydrogens is 326 g/mol. The van der Waals surface area contributed by atoms with E-state index in [2.05, 4.69) is 0 Å². The molecule has 7 heteroatoms. The number of ether oxygens (including phenoxy) is 3. The molecule has 7 nitrogen and oxygen atoms in total. The first-order valence-electron chi connectivity index (χ1n) is 8.13. The minimum atomic E-state index is -0.755. The number of benzene rings is 1. The van der Waals surface area contributed by atoms with E-state index in [9.17, 15) is 14.4 Å². The second-order valence-corrected chi connectivity index (χ2v) is 5.77. The van der Waals surface area contributed by atoms with E-state index in [1.807, 2.05) is 30.3 Å². The number of hydrogen-bond donors (Lipinski definition) is 0. The molecule has 0 N–H and O–H groups in total. The Kier molecular flexibility index (Phi) is 6.52. The lowest BCUT2D eigenvalue weighted by Gasteiger charge is -2.26. The average Bonchev–Trinajstić information content (AvgIpc) is 3.00. The van der Waals surface area contributed by atoms with Crippen LogP contribution in [0.4, 0.5) is 0 Å². The van der Waals surface area contributed by atoms with Crippen molar-refractivity contribution in [3.8, 4) is 0 Å². The summed E-state index contributed by atoms with van der Waals surface area (Å²) in [6, 6.07) is 8.80. The van der Waals surface area contributed by atoms with Crippen molar-refractivity contribution in [3.05, 3.63) is 35.9 Å². The zero-order chi connectivity index (χ0) is 18.4. The molecule has 0 amide bonds. The lowest BCUT2D eigenvalue weighted by molar-refractivity contribution is -0.156. The van der Waals surface area contributed by atoms with Gasteiger partial charge in [-0.15, -0.1) is 0 Å². The van der Waals surface area contributed by atoms with E-state index in [1.54, 1.807) is 11.8 Å². The highest BCUT2D eigenvalue weighted by atomic mass is 16.5. The number of rotatable bonds is 6. The molecule has 0 radical (unpaired) electrons. The molecule has 0 saturated carbocycles. The molecule has 0 unspecified atom stereocenters. The van der Waals surface area contributed by atoms with Crippen LogP contribution in [0.15, 0.2) is 30.3 Å². The topological polar surface area (TPSA) is 82.1 Å². The van der Waals surface area contributed by atoms with Crippen molar-refractivity contribution in [2.75, 3.05) is 33.9 Å². The van der Waals surface area contributed by atoms with E-state index >= 15 is 0 Å². The smallest absolute Gasteiger partial charge is 0.320 e. The van der Waals surface area contributed by atoms with Gasteiger partial charge in [0.1, 0.15) is 0 Å². The van der Waals surface area contributed by atoms with Crippen molar-refractivity contribution < 1.29 is 28.6 Å². The minimum Gasteiger partial charge on any atom is -0.469 e. The van der Waals surface area contributed by atoms with E-state index in [0.717, 1.165) is 5.56 Å². The van der Waals surface area contributed by atoms with Crippen molar-refractivity contribution in [2.45, 2.75) is 13.0 Å². The molecule has 2 rings (SSSR count). The zero-order valence-electron chi connectivity index (χ0n) is 14.6. The molecule has 1 aromatic rings. The van der Waals surface area contributed by atoms with Crippen LogP contribution in [0.3, 0.4) is 0 Å². The normalized spacial score (nSPS) is 23.1. The summed E-state index contributed by atoms with van der Waals surface area (Å²) < 4.78 is 14.8. The molecule has 136 valence electrons. The second kappa shape index (κ2) is 8.62. The van der Waals surface area contributed by atoms with Crippen molar-refractivity contribution in [1.82, 2.24) is 4.90 Å². The van der Waals surface area contributed by atoms with Crippen LogP contribution in [-0.2, 0) is 28.6 Å². The summed E-state index contributed by atoms with van der Waals surface area (Å²) in [6.45, 7) is 2.19. The molecule has 0 bridgehead atoms. The Labute approximate surface area is 146 Å². The Balaban J connectivity index is 2.41. The fraction of sp³-hybridized carbons (Fsp3) is 0.500. The van der Waals surface area contributed by atoms with Gasteiger partial charge in [-0.25, -0.2) is 0 Å². The van der Waals surface area contributed by atoms with Gasteiger partial charge in [-0.3, -0.25) is 19.3 Å². The number of methoxy groups -OCH3 is 2. The maximum Gasteiger partial charge on any atom is 0.320 e. The minimum absolute atomic E-state index is 0.0195. The van der Waals surface area contributed by atoms with E-state index in [4.69, 9.17) is 14.2 Å². The van der Waals surface area contributed by atoms with E-state index in [0.29, 0.717) is 0 Å². The first-order chi connectivity index (χ1) is 12.0. The third-order valence-corrected chi connectivity index (χ3v) is 4.35. The average molecular weight is 349 g/mol. The Morgan fingerprint density at radius 2 is 1.72 bits per heavy atom. The van der Waals surface area contributed by atoms with Crippen LogP contribution in [-0.4, -0.2) is 56.7 Å². The van der Waals surface area contributed by atoms with Crippen LogP contribution in [0.5, 0.6) is 0 Å². The van der Waals surface area contributed by atoms with Crippen molar-refractivity contribution >= 4 is 17.9 Å². The van der Waals surface area contributed by atoms with Gasteiger partial charge >= 0.3 is 17.9 Å². The molecule has 1 aromatic carbocycles. The van der Waals surface area contributed by atoms with Crippen LogP contribution in [0.25, 0.3) is 0 Å². The zero-order valence-corrected chi connectivity index (χ0v) is 14.6. The quantitative estimate of drug-likeness (QED) is 0.563. The fourth-order valence-corrected chi connectivity index (χ4v) is 3.33. The number of esters is 3. The van der Waals surface area contributed by atoms with Crippen molar-refractivity contribution in [3.63, 3.8) is 0 Å². The molecule has 0 aliphatic carbocycles. The fourth-order valence-electron chi connectivity index (χ4n) is 3.33. The van der Waals surface area contributed by atoms with Gasteiger partial charge in [0, 0.05) is 12.6 Å². The summed E-state index contributed by atoms with van der Waals surface area (Å²) in [5.74, 6) is -2.87. The molecule has 0 spiro atoms. The Bertz CT molecular complexity index is 617. The number of hydrogen-bond acceptors (Lipinski definition) is 7. The van der Waals surface area contributed by atoms with Crippen molar-refractivity contribution in [2.24, 2.45) is 11.8 Å². The van der Waals surface area contributed by atoms with Crippen LogP contribution < -0.4 is 0 Å². The van der Waals surface area contributed by atoms with Gasteiger partial charge in [-0.1, -0.05) is 30.3 Å². The van der Waals surface area contributed by atoms with Gasteiger partial charge in [-0.05, 0) is 12.5 Å². The lowest BCUT2D eigenvalue weighted by atomic mass is 9.87. The molecule has 3 atom stereocenters. The van der Waals surface area contributed by atoms with E-state index < -0.39 is 35.8 Å². The predicted molar refractivity (Wildman–Crippen MR) is 88.4 cm³/mol. The Morgan fingerprint density at radius 3 is 2.28 bits per heavy atom. The highest BCUT2D eigenvalue weighted by Crippen LogP contribution is 2.42.